The molecule has 0 atom stereocenters. The minimum Gasteiger partial charge on any atom is -0.497 e. The fourth-order valence-corrected chi connectivity index (χ4v) is 5.65. The zero-order chi connectivity index (χ0) is 22.7. The number of methoxy groups -OCH3 is 1. The molecule has 10 heteroatoms. The third-order valence-corrected chi connectivity index (χ3v) is 8.22. The smallest absolute Gasteiger partial charge is 0.248 e. The number of carbonyl (C=O) groups is 1. The van der Waals surface area contributed by atoms with E-state index in [1.54, 1.807) is 30.0 Å². The third-order valence-electron chi connectivity index (χ3n) is 5.86. The van der Waals surface area contributed by atoms with Gasteiger partial charge in [0.25, 0.3) is 0 Å². The maximum Gasteiger partial charge on any atom is 0.248 e. The number of aliphatic hydroxyl groups is 1. The summed E-state index contributed by atoms with van der Waals surface area (Å²) >= 11 is 3.92. The van der Waals surface area contributed by atoms with Crippen LogP contribution in [0.1, 0.15) is 19.3 Å². The van der Waals surface area contributed by atoms with Crippen LogP contribution in [0, 0.1) is 9.49 Å². The van der Waals surface area contributed by atoms with Gasteiger partial charge in [-0.25, -0.2) is 9.97 Å². The molecule has 0 bridgehead atoms. The molecular formula is C22H26IN5O3S. The summed E-state index contributed by atoms with van der Waals surface area (Å²) in [6.07, 6.45) is 4.59. The molecular weight excluding hydrogens is 541 g/mol. The van der Waals surface area contributed by atoms with Crippen molar-refractivity contribution in [1.82, 2.24) is 19.4 Å². The minimum atomic E-state index is -0.412. The second-order valence-electron chi connectivity index (χ2n) is 7.78. The Morgan fingerprint density at radius 3 is 2.84 bits per heavy atom. The monoisotopic (exact) mass is 567 g/mol. The number of fused-ring (bicyclic) bond motifs is 1. The molecule has 32 heavy (non-hydrogen) atoms. The first-order chi connectivity index (χ1) is 15.5. The van der Waals surface area contributed by atoms with E-state index in [1.165, 1.54) is 0 Å². The molecule has 170 valence electrons. The Hall–Kier alpha value is -2.05. The summed E-state index contributed by atoms with van der Waals surface area (Å²) in [5, 5.41) is 9.95. The van der Waals surface area contributed by atoms with Crippen molar-refractivity contribution in [2.75, 3.05) is 32.5 Å². The van der Waals surface area contributed by atoms with Gasteiger partial charge in [0.1, 0.15) is 17.9 Å². The van der Waals surface area contributed by atoms with Gasteiger partial charge in [0.2, 0.25) is 5.91 Å². The average molecular weight is 567 g/mol. The van der Waals surface area contributed by atoms with E-state index in [-0.39, 0.29) is 5.91 Å². The Morgan fingerprint density at radius 1 is 1.34 bits per heavy atom. The molecule has 0 unspecified atom stereocenters. The van der Waals surface area contributed by atoms with Gasteiger partial charge in [-0.15, -0.1) is 0 Å². The molecule has 4 rings (SSSR count). The zero-order valence-electron chi connectivity index (χ0n) is 17.8. The van der Waals surface area contributed by atoms with Crippen LogP contribution in [0.4, 0.5) is 5.82 Å². The van der Waals surface area contributed by atoms with Crippen molar-refractivity contribution in [2.24, 2.45) is 5.92 Å². The van der Waals surface area contributed by atoms with Gasteiger partial charge >= 0.3 is 0 Å². The molecule has 1 amide bonds. The summed E-state index contributed by atoms with van der Waals surface area (Å²) < 4.78 is 8.74. The van der Waals surface area contributed by atoms with E-state index in [0.717, 1.165) is 56.2 Å². The number of imidazole rings is 1. The highest BCUT2D eigenvalue weighted by atomic mass is 127. The van der Waals surface area contributed by atoms with Crippen molar-refractivity contribution in [3.63, 3.8) is 0 Å². The quantitative estimate of drug-likeness (QED) is 0.422. The number of carbonyl (C=O) groups excluding carboxylic acids is 1. The Labute approximate surface area is 204 Å². The molecule has 1 aromatic carbocycles. The number of hydrogen-bond donors (Lipinski definition) is 2. The number of piperidine rings is 1. The lowest BCUT2D eigenvalue weighted by molar-refractivity contribution is -0.135. The highest BCUT2D eigenvalue weighted by Crippen LogP contribution is 2.36. The van der Waals surface area contributed by atoms with Crippen LogP contribution in [0.2, 0.25) is 0 Å². The molecule has 1 fully saturated rings. The molecule has 2 aromatic heterocycles. The fourth-order valence-electron chi connectivity index (χ4n) is 4.01. The van der Waals surface area contributed by atoms with E-state index < -0.39 is 6.61 Å². The number of likely N-dealkylation sites (tertiary alicyclic amines) is 1. The summed E-state index contributed by atoms with van der Waals surface area (Å²) in [7, 11) is 1.66. The number of rotatable bonds is 7. The highest BCUT2D eigenvalue weighted by Gasteiger charge is 2.23. The van der Waals surface area contributed by atoms with Gasteiger partial charge in [-0.05, 0) is 72.0 Å². The normalized spacial score (nSPS) is 14.8. The number of nitrogens with zero attached hydrogens (tertiary/aromatic N) is 4. The Morgan fingerprint density at radius 2 is 2.12 bits per heavy atom. The van der Waals surface area contributed by atoms with E-state index in [1.807, 2.05) is 24.3 Å². The molecule has 0 radical (unpaired) electrons. The lowest BCUT2D eigenvalue weighted by atomic mass is 9.93. The average Bonchev–Trinajstić information content (AvgIpc) is 3.17. The molecule has 0 spiro atoms. The van der Waals surface area contributed by atoms with Gasteiger partial charge in [0, 0.05) is 34.3 Å². The lowest BCUT2D eigenvalue weighted by Crippen LogP contribution is -2.40. The minimum absolute atomic E-state index is 0.182. The lowest BCUT2D eigenvalue weighted by Gasteiger charge is -2.31. The van der Waals surface area contributed by atoms with Crippen molar-refractivity contribution in [3.8, 4) is 5.75 Å². The van der Waals surface area contributed by atoms with E-state index >= 15 is 0 Å². The van der Waals surface area contributed by atoms with E-state index in [2.05, 4.69) is 32.1 Å². The number of hydrogen-bond acceptors (Lipinski definition) is 7. The van der Waals surface area contributed by atoms with Crippen molar-refractivity contribution >= 4 is 57.1 Å². The number of ether oxygens (including phenoxy) is 1. The summed E-state index contributed by atoms with van der Waals surface area (Å²) in [5.74, 6) is 1.57. The summed E-state index contributed by atoms with van der Waals surface area (Å²) in [6.45, 7) is 1.80. The molecule has 1 aliphatic heterocycles. The summed E-state index contributed by atoms with van der Waals surface area (Å²) in [4.78, 5) is 23.6. The predicted octanol–water partition coefficient (Wildman–Crippen LogP) is 3.40. The van der Waals surface area contributed by atoms with Crippen LogP contribution < -0.4 is 10.5 Å². The van der Waals surface area contributed by atoms with Crippen LogP contribution in [0.15, 0.2) is 40.5 Å². The molecule has 8 nitrogen and oxygen atoms in total. The van der Waals surface area contributed by atoms with Crippen LogP contribution in [-0.2, 0) is 11.3 Å². The van der Waals surface area contributed by atoms with Gasteiger partial charge in [0.05, 0.1) is 12.6 Å². The molecule has 1 saturated heterocycles. The van der Waals surface area contributed by atoms with Crippen LogP contribution in [0.3, 0.4) is 0 Å². The van der Waals surface area contributed by atoms with Crippen LogP contribution >= 0.6 is 34.4 Å². The van der Waals surface area contributed by atoms with Crippen molar-refractivity contribution in [1.29, 1.82) is 0 Å². The number of pyridine rings is 1. The van der Waals surface area contributed by atoms with Crippen molar-refractivity contribution in [2.45, 2.75) is 35.9 Å². The Bertz CT molecular complexity index is 1110. The SMILES string of the molecule is COc1ccc(I)c(Sc2nc3c(N)nccc3n2CCC2CCN(C(=O)CO)CC2)c1. The van der Waals surface area contributed by atoms with Crippen LogP contribution in [0.5, 0.6) is 5.75 Å². The topological polar surface area (TPSA) is 107 Å². The molecule has 0 aliphatic carbocycles. The molecule has 3 N–H and O–H groups in total. The number of aromatic nitrogens is 3. The van der Waals surface area contributed by atoms with Crippen LogP contribution in [0.25, 0.3) is 11.0 Å². The second-order valence-corrected chi connectivity index (χ2v) is 9.95. The zero-order valence-corrected chi connectivity index (χ0v) is 20.8. The van der Waals surface area contributed by atoms with E-state index in [0.29, 0.717) is 24.8 Å². The Balaban J connectivity index is 1.56. The fraction of sp³-hybridized carbons (Fsp3) is 0.409. The number of nitrogen functional groups attached to an aromatic ring is 1. The molecule has 3 aromatic rings. The number of aryl methyl sites for hydroxylation is 1. The van der Waals surface area contributed by atoms with Gasteiger partial charge in [0.15, 0.2) is 11.0 Å². The van der Waals surface area contributed by atoms with Gasteiger partial charge in [-0.3, -0.25) is 4.79 Å². The number of nitrogens with two attached hydrogens (primary N) is 1. The van der Waals surface area contributed by atoms with E-state index in [9.17, 15) is 4.79 Å². The molecule has 0 saturated carbocycles. The van der Waals surface area contributed by atoms with Gasteiger partial charge < -0.3 is 25.0 Å². The first kappa shape index (κ1) is 23.1. The molecule has 1 aliphatic rings. The largest absolute Gasteiger partial charge is 0.497 e. The second kappa shape index (κ2) is 10.3. The number of amides is 1. The van der Waals surface area contributed by atoms with Crippen LogP contribution in [-0.4, -0.2) is 57.3 Å². The molecule has 3 heterocycles. The van der Waals surface area contributed by atoms with Gasteiger partial charge in [-0.1, -0.05) is 11.8 Å². The summed E-state index contributed by atoms with van der Waals surface area (Å²) in [6, 6.07) is 7.96. The van der Waals surface area contributed by atoms with E-state index in [4.69, 9.17) is 20.6 Å². The highest BCUT2D eigenvalue weighted by molar-refractivity contribution is 14.1. The number of benzene rings is 1. The van der Waals surface area contributed by atoms with Gasteiger partial charge in [-0.2, -0.15) is 0 Å². The van der Waals surface area contributed by atoms with Crippen molar-refractivity contribution in [3.05, 3.63) is 34.0 Å². The third kappa shape index (κ3) is 4.96. The first-order valence-corrected chi connectivity index (χ1v) is 12.4. The maximum atomic E-state index is 11.7. The number of aliphatic hydroxyl groups excluding tert-OH is 1. The first-order valence-electron chi connectivity index (χ1n) is 10.5. The number of halogens is 1. The number of anilines is 1. The standard InChI is InChI=1S/C22H26IN5O3S/c1-31-15-2-3-16(23)18(12-15)32-22-26-20-17(4-8-25-21(20)24)28(22)11-7-14-5-9-27(10-6-14)19(30)13-29/h2-4,8,12,14,29H,5-7,9-11,13H2,1H3,(H2,24,25). The summed E-state index contributed by atoms with van der Waals surface area (Å²) in [5.41, 5.74) is 7.82. The predicted molar refractivity (Wildman–Crippen MR) is 133 cm³/mol. The maximum absolute atomic E-state index is 11.7. The Kier molecular flexibility index (Phi) is 7.41. The van der Waals surface area contributed by atoms with Crippen molar-refractivity contribution < 1.29 is 14.6 Å².